The van der Waals surface area contributed by atoms with E-state index >= 15 is 0 Å². The number of methoxy groups -OCH3 is 2. The molecule has 1 aromatic carbocycles. The number of hydrogen-bond donors (Lipinski definition) is 2. The molecule has 0 aromatic heterocycles. The number of carbonyl (C=O) groups is 1. The molecule has 2 rings (SSSR count). The normalized spacial score (nSPS) is 20.1. The van der Waals surface area contributed by atoms with Crippen LogP contribution >= 0.6 is 12.2 Å². The van der Waals surface area contributed by atoms with Crippen molar-refractivity contribution in [1.82, 2.24) is 10.6 Å². The molecule has 0 spiro atoms. The van der Waals surface area contributed by atoms with Gasteiger partial charge >= 0.3 is 5.97 Å². The quantitative estimate of drug-likeness (QED) is 0.629. The fourth-order valence-corrected chi connectivity index (χ4v) is 3.29. The van der Waals surface area contributed by atoms with Gasteiger partial charge in [0, 0.05) is 12.6 Å². The number of thiocarbonyl (C=S) groups is 1. The van der Waals surface area contributed by atoms with Crippen molar-refractivity contribution < 1.29 is 14.3 Å². The second kappa shape index (κ2) is 8.87. The highest BCUT2D eigenvalue weighted by Gasteiger charge is 2.21. The van der Waals surface area contributed by atoms with Crippen molar-refractivity contribution in [2.45, 2.75) is 45.2 Å². The summed E-state index contributed by atoms with van der Waals surface area (Å²) >= 11 is 5.40. The molecule has 0 amide bonds. The Hall–Kier alpha value is -1.82. The van der Waals surface area contributed by atoms with Crippen LogP contribution in [0, 0.1) is 5.92 Å². The van der Waals surface area contributed by atoms with Crippen LogP contribution in [0.15, 0.2) is 18.2 Å². The maximum Gasteiger partial charge on any atom is 0.341 e. The van der Waals surface area contributed by atoms with Gasteiger partial charge in [-0.3, -0.25) is 0 Å². The Kier molecular flexibility index (Phi) is 6.85. The van der Waals surface area contributed by atoms with Crippen LogP contribution < -0.4 is 15.4 Å². The Morgan fingerprint density at radius 2 is 2.04 bits per heavy atom. The van der Waals surface area contributed by atoms with Gasteiger partial charge in [-0.05, 0) is 48.7 Å². The highest BCUT2D eigenvalue weighted by atomic mass is 32.1. The van der Waals surface area contributed by atoms with Crippen molar-refractivity contribution in [2.75, 3.05) is 14.2 Å². The molecule has 2 N–H and O–H groups in total. The summed E-state index contributed by atoms with van der Waals surface area (Å²) in [5.74, 6) is 0.734. The van der Waals surface area contributed by atoms with Gasteiger partial charge in [0.2, 0.25) is 0 Å². The van der Waals surface area contributed by atoms with Crippen LogP contribution in [-0.4, -0.2) is 31.3 Å². The van der Waals surface area contributed by atoms with Gasteiger partial charge in [-0.25, -0.2) is 4.79 Å². The largest absolute Gasteiger partial charge is 0.496 e. The highest BCUT2D eigenvalue weighted by Crippen LogP contribution is 2.24. The molecule has 0 aliphatic heterocycles. The van der Waals surface area contributed by atoms with Gasteiger partial charge in [0.1, 0.15) is 11.3 Å². The molecule has 0 radical (unpaired) electrons. The number of esters is 1. The summed E-state index contributed by atoms with van der Waals surface area (Å²) in [5.41, 5.74) is 1.36. The Balaban J connectivity index is 1.93. The van der Waals surface area contributed by atoms with Crippen LogP contribution in [0.1, 0.15) is 48.5 Å². The summed E-state index contributed by atoms with van der Waals surface area (Å²) in [6.07, 6.45) is 4.98. The van der Waals surface area contributed by atoms with Crippen molar-refractivity contribution in [3.05, 3.63) is 29.3 Å². The number of ether oxygens (including phenoxy) is 2. The summed E-state index contributed by atoms with van der Waals surface area (Å²) in [4.78, 5) is 11.8. The monoisotopic (exact) mass is 350 g/mol. The van der Waals surface area contributed by atoms with Gasteiger partial charge in [0.25, 0.3) is 0 Å². The predicted octanol–water partition coefficient (Wildman–Crippen LogP) is 3.02. The summed E-state index contributed by atoms with van der Waals surface area (Å²) in [7, 11) is 2.89. The van der Waals surface area contributed by atoms with E-state index in [1.807, 2.05) is 6.07 Å². The molecule has 1 aliphatic carbocycles. The molecule has 0 unspecified atom stereocenters. The number of rotatable bonds is 5. The van der Waals surface area contributed by atoms with E-state index in [0.29, 0.717) is 34.9 Å². The molecule has 1 aliphatic rings. The fourth-order valence-electron chi connectivity index (χ4n) is 3.07. The van der Waals surface area contributed by atoms with E-state index in [1.54, 1.807) is 12.1 Å². The first-order valence-electron chi connectivity index (χ1n) is 8.34. The zero-order valence-corrected chi connectivity index (χ0v) is 15.4. The van der Waals surface area contributed by atoms with Gasteiger partial charge in [-0.15, -0.1) is 0 Å². The minimum absolute atomic E-state index is 0.412. The van der Waals surface area contributed by atoms with E-state index in [9.17, 15) is 4.79 Å². The van der Waals surface area contributed by atoms with Crippen molar-refractivity contribution in [3.8, 4) is 5.75 Å². The van der Waals surface area contributed by atoms with Crippen LogP contribution in [0.4, 0.5) is 0 Å². The van der Waals surface area contributed by atoms with Crippen LogP contribution in [0.25, 0.3) is 0 Å². The molecule has 6 heteroatoms. The topological polar surface area (TPSA) is 59.6 Å². The van der Waals surface area contributed by atoms with Crippen LogP contribution in [0.3, 0.4) is 0 Å². The third-order valence-corrected chi connectivity index (χ3v) is 4.81. The molecule has 2 atom stereocenters. The van der Waals surface area contributed by atoms with Gasteiger partial charge in [-0.1, -0.05) is 25.8 Å². The average Bonchev–Trinajstić information content (AvgIpc) is 2.61. The van der Waals surface area contributed by atoms with E-state index in [-0.39, 0.29) is 0 Å². The number of nitrogens with one attached hydrogen (secondary N) is 2. The lowest BCUT2D eigenvalue weighted by molar-refractivity contribution is 0.0597. The standard InChI is InChI=1S/C18H26N2O3S/c1-12-6-4-5-7-15(12)20-18(24)19-11-13-8-9-16(22-2)14(10-13)17(21)23-3/h8-10,12,15H,4-7,11H2,1-3H3,(H2,19,20,24)/t12-,15-/m0/s1. The minimum Gasteiger partial charge on any atom is -0.496 e. The molecule has 0 bridgehead atoms. The molecule has 1 saturated carbocycles. The first-order chi connectivity index (χ1) is 11.5. The van der Waals surface area contributed by atoms with Crippen LogP contribution in [0.5, 0.6) is 5.75 Å². The van der Waals surface area contributed by atoms with Gasteiger partial charge < -0.3 is 20.1 Å². The zero-order valence-electron chi connectivity index (χ0n) is 14.6. The molecule has 132 valence electrons. The van der Waals surface area contributed by atoms with Crippen molar-refractivity contribution in [1.29, 1.82) is 0 Å². The molecule has 0 heterocycles. The van der Waals surface area contributed by atoms with Crippen molar-refractivity contribution in [3.63, 3.8) is 0 Å². The lowest BCUT2D eigenvalue weighted by atomic mass is 9.86. The molecular weight excluding hydrogens is 324 g/mol. The Labute approximate surface area is 149 Å². The average molecular weight is 350 g/mol. The first-order valence-corrected chi connectivity index (χ1v) is 8.75. The number of hydrogen-bond acceptors (Lipinski definition) is 4. The molecule has 1 fully saturated rings. The van der Waals surface area contributed by atoms with Gasteiger partial charge in [-0.2, -0.15) is 0 Å². The summed E-state index contributed by atoms with van der Waals surface area (Å²) in [5, 5.41) is 7.29. The van der Waals surface area contributed by atoms with Crippen LogP contribution in [-0.2, 0) is 11.3 Å². The highest BCUT2D eigenvalue weighted by molar-refractivity contribution is 7.80. The van der Waals surface area contributed by atoms with E-state index in [0.717, 1.165) is 12.0 Å². The van der Waals surface area contributed by atoms with E-state index < -0.39 is 5.97 Å². The van der Waals surface area contributed by atoms with Gasteiger partial charge in [0.05, 0.1) is 14.2 Å². The molecule has 24 heavy (non-hydrogen) atoms. The van der Waals surface area contributed by atoms with Crippen LogP contribution in [0.2, 0.25) is 0 Å². The van der Waals surface area contributed by atoms with E-state index in [2.05, 4.69) is 17.6 Å². The Morgan fingerprint density at radius 3 is 2.71 bits per heavy atom. The molecular formula is C18H26N2O3S. The Bertz CT molecular complexity index is 592. The lowest BCUT2D eigenvalue weighted by Crippen LogP contribution is -2.45. The zero-order chi connectivity index (χ0) is 17.5. The van der Waals surface area contributed by atoms with E-state index in [1.165, 1.54) is 33.5 Å². The Morgan fingerprint density at radius 1 is 1.29 bits per heavy atom. The minimum atomic E-state index is -0.412. The van der Waals surface area contributed by atoms with Gasteiger partial charge in [0.15, 0.2) is 5.11 Å². The summed E-state index contributed by atoms with van der Waals surface area (Å²) < 4.78 is 10.00. The molecule has 0 saturated heterocycles. The lowest BCUT2D eigenvalue weighted by Gasteiger charge is -2.30. The van der Waals surface area contributed by atoms with Crippen molar-refractivity contribution >= 4 is 23.3 Å². The number of benzene rings is 1. The smallest absolute Gasteiger partial charge is 0.341 e. The molecule has 1 aromatic rings. The van der Waals surface area contributed by atoms with Crippen molar-refractivity contribution in [2.24, 2.45) is 5.92 Å². The third-order valence-electron chi connectivity index (χ3n) is 4.55. The maximum absolute atomic E-state index is 11.8. The maximum atomic E-state index is 11.8. The second-order valence-corrected chi connectivity index (χ2v) is 6.63. The second-order valence-electron chi connectivity index (χ2n) is 6.22. The summed E-state index contributed by atoms with van der Waals surface area (Å²) in [6.45, 7) is 2.81. The van der Waals surface area contributed by atoms with E-state index in [4.69, 9.17) is 21.7 Å². The fraction of sp³-hybridized carbons (Fsp3) is 0.556. The predicted molar refractivity (Wildman–Crippen MR) is 98.3 cm³/mol. The number of carbonyl (C=O) groups excluding carboxylic acids is 1. The third kappa shape index (κ3) is 4.84. The summed E-state index contributed by atoms with van der Waals surface area (Å²) in [6, 6.07) is 5.89. The first kappa shape index (κ1) is 18.5. The molecule has 5 nitrogen and oxygen atoms in total. The SMILES string of the molecule is COC(=O)c1cc(CNC(=S)N[C@H]2CCCC[C@@H]2C)ccc1OC.